The van der Waals surface area contributed by atoms with Crippen LogP contribution in [0.25, 0.3) is 0 Å². The second-order valence-corrected chi connectivity index (χ2v) is 12.4. The highest BCUT2D eigenvalue weighted by Gasteiger charge is 2.33. The zero-order valence-corrected chi connectivity index (χ0v) is 25.4. The van der Waals surface area contributed by atoms with Gasteiger partial charge in [-0.2, -0.15) is 0 Å². The first kappa shape index (κ1) is 30.7. The van der Waals surface area contributed by atoms with Gasteiger partial charge in [-0.05, 0) is 67.8 Å². The molecule has 39 heavy (non-hydrogen) atoms. The van der Waals surface area contributed by atoms with E-state index in [-0.39, 0.29) is 17.3 Å². The van der Waals surface area contributed by atoms with Gasteiger partial charge in [0.15, 0.2) is 0 Å². The molecule has 3 aromatic carbocycles. The number of carbonyl (C=O) groups is 2. The lowest BCUT2D eigenvalue weighted by molar-refractivity contribution is -0.139. The molecule has 10 heteroatoms. The minimum Gasteiger partial charge on any atom is -0.354 e. The molecule has 1 unspecified atom stereocenters. The van der Waals surface area contributed by atoms with E-state index in [4.69, 9.17) is 11.6 Å². The van der Waals surface area contributed by atoms with Crippen LogP contribution in [-0.4, -0.2) is 44.3 Å². The van der Waals surface area contributed by atoms with Gasteiger partial charge in [0, 0.05) is 22.6 Å². The summed E-state index contributed by atoms with van der Waals surface area (Å²) in [5.41, 5.74) is 1.73. The van der Waals surface area contributed by atoms with Crippen molar-refractivity contribution in [3.63, 3.8) is 0 Å². The van der Waals surface area contributed by atoms with Crippen molar-refractivity contribution in [1.82, 2.24) is 10.2 Å². The number of rotatable bonds is 12. The molecule has 0 aliphatic carbocycles. The zero-order valence-electron chi connectivity index (χ0n) is 22.2. The second kappa shape index (κ2) is 14.0. The molecule has 0 aliphatic rings. The molecule has 0 spiro atoms. The number of halogens is 2. The molecular weight excluding hydrogens is 602 g/mol. The average molecular weight is 635 g/mol. The minimum absolute atomic E-state index is 0.0435. The Morgan fingerprint density at radius 2 is 1.69 bits per heavy atom. The van der Waals surface area contributed by atoms with Gasteiger partial charge in [-0.1, -0.05) is 77.3 Å². The lowest BCUT2D eigenvalue weighted by Crippen LogP contribution is -2.51. The van der Waals surface area contributed by atoms with Crippen LogP contribution in [-0.2, 0) is 26.2 Å². The van der Waals surface area contributed by atoms with Gasteiger partial charge in [-0.25, -0.2) is 8.42 Å². The number of unbranched alkanes of at least 4 members (excludes halogenated alkanes) is 1. The number of amides is 2. The number of hydrogen-bond donors (Lipinski definition) is 1. The molecule has 3 rings (SSSR count). The number of benzene rings is 3. The Bertz CT molecular complexity index is 1390. The van der Waals surface area contributed by atoms with Gasteiger partial charge in [0.25, 0.3) is 10.0 Å². The maximum Gasteiger partial charge on any atom is 0.264 e. The summed E-state index contributed by atoms with van der Waals surface area (Å²) >= 11 is 9.67. The summed E-state index contributed by atoms with van der Waals surface area (Å²) in [7, 11) is -4.14. The molecule has 0 aromatic heterocycles. The summed E-state index contributed by atoms with van der Waals surface area (Å²) < 4.78 is 29.7. The highest BCUT2D eigenvalue weighted by molar-refractivity contribution is 9.10. The van der Waals surface area contributed by atoms with E-state index in [1.54, 1.807) is 44.2 Å². The van der Waals surface area contributed by atoms with Crippen LogP contribution in [0.15, 0.2) is 82.2 Å². The summed E-state index contributed by atoms with van der Waals surface area (Å²) in [4.78, 5) is 28.4. The Balaban J connectivity index is 2.02. The van der Waals surface area contributed by atoms with E-state index in [0.29, 0.717) is 22.8 Å². The van der Waals surface area contributed by atoms with E-state index in [9.17, 15) is 18.0 Å². The molecule has 0 heterocycles. The third-order valence-corrected chi connectivity index (χ3v) is 8.85. The third kappa shape index (κ3) is 8.06. The van der Waals surface area contributed by atoms with Crippen molar-refractivity contribution in [2.24, 2.45) is 0 Å². The first-order valence-corrected chi connectivity index (χ1v) is 15.3. The van der Waals surface area contributed by atoms with E-state index >= 15 is 0 Å². The fourth-order valence-corrected chi connectivity index (χ4v) is 5.91. The maximum atomic E-state index is 13.9. The first-order valence-electron chi connectivity index (χ1n) is 12.7. The number of nitrogens with zero attached hydrogens (tertiary/aromatic N) is 2. The molecule has 0 saturated heterocycles. The monoisotopic (exact) mass is 633 g/mol. The Morgan fingerprint density at radius 1 is 1.03 bits per heavy atom. The Hall–Kier alpha value is -2.88. The molecular formula is C29H33BrClN3O4S. The number of hydrogen-bond acceptors (Lipinski definition) is 4. The maximum absolute atomic E-state index is 13.9. The van der Waals surface area contributed by atoms with Crippen LogP contribution in [0.3, 0.4) is 0 Å². The van der Waals surface area contributed by atoms with Crippen molar-refractivity contribution in [1.29, 1.82) is 0 Å². The van der Waals surface area contributed by atoms with E-state index < -0.39 is 28.5 Å². The standard InChI is InChI=1S/C29H33BrClN3O4S/c1-4-5-17-32-29(36)22(3)33(19-23-12-14-24(30)15-13-23)28(35)20-34(27-18-25(31)16-11-21(27)2)39(37,38)26-9-7-6-8-10-26/h6-16,18,22H,4-5,17,19-20H2,1-3H3,(H,32,36). The van der Waals surface area contributed by atoms with E-state index in [1.165, 1.54) is 23.1 Å². The zero-order chi connectivity index (χ0) is 28.6. The molecule has 2 amide bonds. The molecule has 0 saturated carbocycles. The van der Waals surface area contributed by atoms with Crippen molar-refractivity contribution in [2.75, 3.05) is 17.4 Å². The number of nitrogens with one attached hydrogen (secondary N) is 1. The van der Waals surface area contributed by atoms with Crippen LogP contribution in [0.1, 0.15) is 37.8 Å². The molecule has 0 aliphatic heterocycles. The number of aryl methyl sites for hydroxylation is 1. The SMILES string of the molecule is CCCCNC(=O)C(C)N(Cc1ccc(Br)cc1)C(=O)CN(c1cc(Cl)ccc1C)S(=O)(=O)c1ccccc1. The van der Waals surface area contributed by atoms with Crippen LogP contribution < -0.4 is 9.62 Å². The summed E-state index contributed by atoms with van der Waals surface area (Å²) in [6, 6.07) is 19.4. The van der Waals surface area contributed by atoms with Crippen molar-refractivity contribution in [2.45, 2.75) is 51.1 Å². The van der Waals surface area contributed by atoms with Gasteiger partial charge in [-0.3, -0.25) is 13.9 Å². The van der Waals surface area contributed by atoms with Gasteiger partial charge in [0.1, 0.15) is 12.6 Å². The quantitative estimate of drug-likeness (QED) is 0.250. The van der Waals surface area contributed by atoms with Crippen molar-refractivity contribution in [3.8, 4) is 0 Å². The van der Waals surface area contributed by atoms with Gasteiger partial charge in [0.05, 0.1) is 10.6 Å². The number of carbonyl (C=O) groups excluding carboxylic acids is 2. The largest absolute Gasteiger partial charge is 0.354 e. The summed E-state index contributed by atoms with van der Waals surface area (Å²) in [5, 5.41) is 3.22. The van der Waals surface area contributed by atoms with Crippen LogP contribution in [0, 0.1) is 6.92 Å². The molecule has 3 aromatic rings. The first-order chi connectivity index (χ1) is 18.5. The van der Waals surface area contributed by atoms with Crippen molar-refractivity contribution in [3.05, 3.63) is 93.4 Å². The average Bonchev–Trinajstić information content (AvgIpc) is 2.92. The Labute approximate surface area is 244 Å². The molecule has 208 valence electrons. The summed E-state index contributed by atoms with van der Waals surface area (Å²) in [6.45, 7) is 5.55. The Kier molecular flexibility index (Phi) is 11.0. The lowest BCUT2D eigenvalue weighted by atomic mass is 10.1. The Morgan fingerprint density at radius 3 is 2.33 bits per heavy atom. The molecule has 0 fully saturated rings. The minimum atomic E-state index is -4.14. The number of sulfonamides is 1. The lowest BCUT2D eigenvalue weighted by Gasteiger charge is -2.32. The smallest absolute Gasteiger partial charge is 0.264 e. The summed E-state index contributed by atoms with van der Waals surface area (Å²) in [6.07, 6.45) is 1.73. The van der Waals surface area contributed by atoms with E-state index in [0.717, 1.165) is 27.2 Å². The van der Waals surface area contributed by atoms with Crippen LogP contribution in [0.5, 0.6) is 0 Å². The topological polar surface area (TPSA) is 86.8 Å². The van der Waals surface area contributed by atoms with Gasteiger partial charge < -0.3 is 10.2 Å². The van der Waals surface area contributed by atoms with Crippen molar-refractivity contribution >= 4 is 55.1 Å². The molecule has 0 radical (unpaired) electrons. The highest BCUT2D eigenvalue weighted by atomic mass is 79.9. The normalized spacial score (nSPS) is 12.0. The summed E-state index contributed by atoms with van der Waals surface area (Å²) in [5.74, 6) is -0.819. The number of anilines is 1. The predicted octanol–water partition coefficient (Wildman–Crippen LogP) is 5.94. The third-order valence-electron chi connectivity index (χ3n) is 6.31. The van der Waals surface area contributed by atoms with E-state index in [2.05, 4.69) is 21.2 Å². The fourth-order valence-electron chi connectivity index (χ4n) is 3.99. The highest BCUT2D eigenvalue weighted by Crippen LogP contribution is 2.30. The molecule has 1 atom stereocenters. The molecule has 1 N–H and O–H groups in total. The second-order valence-electron chi connectivity index (χ2n) is 9.22. The molecule has 0 bridgehead atoms. The van der Waals surface area contributed by atoms with Gasteiger partial charge in [-0.15, -0.1) is 0 Å². The van der Waals surface area contributed by atoms with Gasteiger partial charge >= 0.3 is 0 Å². The van der Waals surface area contributed by atoms with E-state index in [1.807, 2.05) is 31.2 Å². The van der Waals surface area contributed by atoms with Crippen LogP contribution in [0.2, 0.25) is 5.02 Å². The van der Waals surface area contributed by atoms with Crippen molar-refractivity contribution < 1.29 is 18.0 Å². The van der Waals surface area contributed by atoms with Gasteiger partial charge in [0.2, 0.25) is 11.8 Å². The van der Waals surface area contributed by atoms with Crippen LogP contribution in [0.4, 0.5) is 5.69 Å². The molecule has 7 nitrogen and oxygen atoms in total. The fraction of sp³-hybridized carbons (Fsp3) is 0.310. The van der Waals surface area contributed by atoms with Crippen LogP contribution >= 0.6 is 27.5 Å². The predicted molar refractivity (Wildman–Crippen MR) is 159 cm³/mol.